The van der Waals surface area contributed by atoms with Gasteiger partial charge in [-0.3, -0.25) is 9.59 Å². The molecule has 1 aliphatic rings. The Kier molecular flexibility index (Phi) is 7.51. The van der Waals surface area contributed by atoms with E-state index in [0.29, 0.717) is 38.4 Å². The van der Waals surface area contributed by atoms with Gasteiger partial charge in [0.05, 0.1) is 22.8 Å². The second-order valence-electron chi connectivity index (χ2n) is 7.12. The molecule has 0 unspecified atom stereocenters. The Labute approximate surface area is 205 Å². The van der Waals surface area contributed by atoms with E-state index in [2.05, 4.69) is 15.8 Å². The summed E-state index contributed by atoms with van der Waals surface area (Å²) in [6.45, 7) is 0.143. The van der Waals surface area contributed by atoms with Crippen molar-refractivity contribution in [3.63, 3.8) is 0 Å². The largest absolute Gasteiger partial charge is 0.488 e. The van der Waals surface area contributed by atoms with Crippen LogP contribution in [0.2, 0.25) is 10.0 Å². The van der Waals surface area contributed by atoms with E-state index in [1.54, 1.807) is 42.5 Å². The number of nitrogens with zero attached hydrogens (tertiary/aromatic N) is 1. The van der Waals surface area contributed by atoms with Gasteiger partial charge < -0.3 is 19.5 Å². The van der Waals surface area contributed by atoms with E-state index in [-0.39, 0.29) is 19.9 Å². The summed E-state index contributed by atoms with van der Waals surface area (Å²) in [4.78, 5) is 24.3. The fourth-order valence-corrected chi connectivity index (χ4v) is 3.34. The predicted octanol–water partition coefficient (Wildman–Crippen LogP) is 4.18. The van der Waals surface area contributed by atoms with Gasteiger partial charge in [0, 0.05) is 11.1 Å². The number of carbonyl (C=O) groups is 2. The molecule has 2 N–H and O–H groups in total. The van der Waals surface area contributed by atoms with Gasteiger partial charge >= 0.3 is 0 Å². The molecular weight excluding hydrogens is 481 g/mol. The van der Waals surface area contributed by atoms with Crippen molar-refractivity contribution >= 4 is 41.2 Å². The van der Waals surface area contributed by atoms with Crippen molar-refractivity contribution in [2.75, 3.05) is 13.3 Å². The van der Waals surface area contributed by atoms with Crippen LogP contribution in [0.5, 0.6) is 17.2 Å². The Morgan fingerprint density at radius 3 is 2.68 bits per heavy atom. The number of carbonyl (C=O) groups excluding carboxylic acids is 2. The van der Waals surface area contributed by atoms with Gasteiger partial charge in [0.2, 0.25) is 6.79 Å². The maximum absolute atomic E-state index is 12.3. The maximum Gasteiger partial charge on any atom is 0.259 e. The Morgan fingerprint density at radius 2 is 1.82 bits per heavy atom. The van der Waals surface area contributed by atoms with Gasteiger partial charge in [-0.1, -0.05) is 41.4 Å². The quantitative estimate of drug-likeness (QED) is 0.357. The molecule has 0 atom stereocenters. The summed E-state index contributed by atoms with van der Waals surface area (Å²) in [5.74, 6) is 0.729. The Morgan fingerprint density at radius 1 is 1.00 bits per heavy atom. The zero-order valence-electron chi connectivity index (χ0n) is 17.7. The first-order chi connectivity index (χ1) is 16.5. The minimum atomic E-state index is -0.487. The SMILES string of the molecule is O=C(CNC(=O)c1ccc2c(c1)OCO2)N/N=C\c1ccccc1OCc1ccc(Cl)c(Cl)c1. The monoisotopic (exact) mass is 499 g/mol. The summed E-state index contributed by atoms with van der Waals surface area (Å²) in [7, 11) is 0. The van der Waals surface area contributed by atoms with Crippen molar-refractivity contribution in [3.8, 4) is 17.2 Å². The van der Waals surface area contributed by atoms with Gasteiger partial charge in [0.15, 0.2) is 11.5 Å². The summed E-state index contributed by atoms with van der Waals surface area (Å²) < 4.78 is 16.3. The number of hydrazone groups is 1. The Balaban J connectivity index is 1.28. The van der Waals surface area contributed by atoms with Crippen LogP contribution in [-0.2, 0) is 11.4 Å². The van der Waals surface area contributed by atoms with Gasteiger partial charge in [-0.2, -0.15) is 5.10 Å². The van der Waals surface area contributed by atoms with Crippen molar-refractivity contribution in [1.82, 2.24) is 10.7 Å². The van der Waals surface area contributed by atoms with Crippen molar-refractivity contribution in [3.05, 3.63) is 87.4 Å². The van der Waals surface area contributed by atoms with Crippen LogP contribution in [0.25, 0.3) is 0 Å². The number of benzene rings is 3. The number of rotatable bonds is 8. The lowest BCUT2D eigenvalue weighted by atomic mass is 10.2. The van der Waals surface area contributed by atoms with Crippen LogP contribution < -0.4 is 25.0 Å². The van der Waals surface area contributed by atoms with Gasteiger partial charge in [0.1, 0.15) is 12.4 Å². The molecule has 34 heavy (non-hydrogen) atoms. The molecule has 0 saturated carbocycles. The number of hydrogen-bond donors (Lipinski definition) is 2. The van der Waals surface area contributed by atoms with Gasteiger partial charge in [0.25, 0.3) is 11.8 Å². The number of hydrogen-bond acceptors (Lipinski definition) is 6. The molecular formula is C24H19Cl2N3O5. The van der Waals surface area contributed by atoms with Gasteiger partial charge in [-0.05, 0) is 48.0 Å². The molecule has 3 aromatic carbocycles. The molecule has 0 radical (unpaired) electrons. The van der Waals surface area contributed by atoms with Crippen LogP contribution in [0.1, 0.15) is 21.5 Å². The van der Waals surface area contributed by atoms with E-state index < -0.39 is 11.8 Å². The topological polar surface area (TPSA) is 98.3 Å². The lowest BCUT2D eigenvalue weighted by Gasteiger charge is -2.09. The van der Waals surface area contributed by atoms with Crippen LogP contribution in [0.4, 0.5) is 0 Å². The number of halogens is 2. The zero-order chi connectivity index (χ0) is 23.9. The average molecular weight is 500 g/mol. The highest BCUT2D eigenvalue weighted by Gasteiger charge is 2.16. The van der Waals surface area contributed by atoms with Crippen LogP contribution in [0.3, 0.4) is 0 Å². The Bertz CT molecular complexity index is 1250. The molecule has 3 aromatic rings. The summed E-state index contributed by atoms with van der Waals surface area (Å²) in [5.41, 5.74) is 4.25. The molecule has 0 saturated heterocycles. The fourth-order valence-electron chi connectivity index (χ4n) is 3.02. The standard InChI is InChI=1S/C24H19Cl2N3O5/c25-18-7-5-15(9-19(18)26)13-32-20-4-2-1-3-17(20)11-28-29-23(30)12-27-24(31)16-6-8-21-22(10-16)34-14-33-21/h1-11H,12-14H2,(H,27,31)(H,29,30)/b28-11-. The van der Waals surface area contributed by atoms with Crippen molar-refractivity contribution in [2.24, 2.45) is 5.10 Å². The van der Waals surface area contributed by atoms with Crippen molar-refractivity contribution in [2.45, 2.75) is 6.61 Å². The molecule has 0 bridgehead atoms. The molecule has 8 nitrogen and oxygen atoms in total. The summed E-state index contributed by atoms with van der Waals surface area (Å²) in [5, 5.41) is 7.40. The van der Waals surface area contributed by atoms with Crippen LogP contribution >= 0.6 is 23.2 Å². The van der Waals surface area contributed by atoms with E-state index in [9.17, 15) is 9.59 Å². The minimum absolute atomic E-state index is 0.116. The highest BCUT2D eigenvalue weighted by molar-refractivity contribution is 6.42. The number of ether oxygens (including phenoxy) is 3. The number of amides is 2. The number of nitrogens with one attached hydrogen (secondary N) is 2. The minimum Gasteiger partial charge on any atom is -0.488 e. The highest BCUT2D eigenvalue weighted by Crippen LogP contribution is 2.32. The van der Waals surface area contributed by atoms with E-state index in [4.69, 9.17) is 37.4 Å². The summed E-state index contributed by atoms with van der Waals surface area (Å²) in [6, 6.07) is 17.3. The van der Waals surface area contributed by atoms with Crippen LogP contribution in [0.15, 0.2) is 65.8 Å². The maximum atomic E-state index is 12.3. The molecule has 0 spiro atoms. The number of para-hydroxylation sites is 1. The summed E-state index contributed by atoms with van der Waals surface area (Å²) in [6.07, 6.45) is 1.46. The first-order valence-corrected chi connectivity index (χ1v) is 10.9. The van der Waals surface area contributed by atoms with E-state index in [0.717, 1.165) is 5.56 Å². The van der Waals surface area contributed by atoms with Gasteiger partial charge in [-0.15, -0.1) is 0 Å². The molecule has 1 heterocycles. The molecule has 4 rings (SSSR count). The highest BCUT2D eigenvalue weighted by atomic mass is 35.5. The Hall–Kier alpha value is -3.75. The number of fused-ring (bicyclic) bond motifs is 1. The third-order valence-electron chi connectivity index (χ3n) is 4.73. The lowest BCUT2D eigenvalue weighted by molar-refractivity contribution is -0.120. The molecule has 1 aliphatic heterocycles. The van der Waals surface area contributed by atoms with Crippen LogP contribution in [0, 0.1) is 0 Å². The van der Waals surface area contributed by atoms with Crippen LogP contribution in [-0.4, -0.2) is 31.4 Å². The molecule has 174 valence electrons. The normalized spacial score (nSPS) is 11.9. The predicted molar refractivity (Wildman–Crippen MR) is 128 cm³/mol. The fraction of sp³-hybridized carbons (Fsp3) is 0.125. The van der Waals surface area contributed by atoms with Crippen molar-refractivity contribution < 1.29 is 23.8 Å². The third kappa shape index (κ3) is 5.98. The average Bonchev–Trinajstić information content (AvgIpc) is 3.32. The molecule has 2 amide bonds. The molecule has 0 fully saturated rings. The lowest BCUT2D eigenvalue weighted by Crippen LogP contribution is -2.34. The van der Waals surface area contributed by atoms with E-state index >= 15 is 0 Å². The summed E-state index contributed by atoms with van der Waals surface area (Å²) >= 11 is 12.0. The molecule has 0 aromatic heterocycles. The van der Waals surface area contributed by atoms with E-state index in [1.807, 2.05) is 18.2 Å². The molecule has 0 aliphatic carbocycles. The third-order valence-corrected chi connectivity index (χ3v) is 5.47. The molecule has 10 heteroatoms. The smallest absolute Gasteiger partial charge is 0.259 e. The second-order valence-corrected chi connectivity index (χ2v) is 7.93. The van der Waals surface area contributed by atoms with Gasteiger partial charge in [-0.25, -0.2) is 5.43 Å². The second kappa shape index (κ2) is 10.9. The first-order valence-electron chi connectivity index (χ1n) is 10.1. The zero-order valence-corrected chi connectivity index (χ0v) is 19.2. The first kappa shape index (κ1) is 23.4. The van der Waals surface area contributed by atoms with Crippen molar-refractivity contribution in [1.29, 1.82) is 0 Å². The van der Waals surface area contributed by atoms with E-state index in [1.165, 1.54) is 6.21 Å².